The van der Waals surface area contributed by atoms with E-state index in [1.54, 1.807) is 17.0 Å². The van der Waals surface area contributed by atoms with E-state index in [1.165, 1.54) is 18.6 Å². The standard InChI is InChI=1S/C19H24FN5O2/c20-15-4-6-16(7-5-15)24-10-12-25(13-11-24)19(26)21-9-8-17-22-18(27-23-17)14-2-1-3-14/h4-7,14H,1-3,8-13H2,(H,21,26). The molecule has 2 amide bonds. The van der Waals surface area contributed by atoms with E-state index in [-0.39, 0.29) is 11.8 Å². The fourth-order valence-corrected chi connectivity index (χ4v) is 3.40. The highest BCUT2D eigenvalue weighted by Crippen LogP contribution is 2.35. The van der Waals surface area contributed by atoms with Gasteiger partial charge in [-0.05, 0) is 37.1 Å². The molecule has 2 fully saturated rings. The highest BCUT2D eigenvalue weighted by molar-refractivity contribution is 5.74. The summed E-state index contributed by atoms with van der Waals surface area (Å²) in [6.45, 7) is 3.22. The lowest BCUT2D eigenvalue weighted by molar-refractivity contribution is 0.194. The summed E-state index contributed by atoms with van der Waals surface area (Å²) in [6.07, 6.45) is 4.05. The minimum atomic E-state index is -0.238. The zero-order valence-corrected chi connectivity index (χ0v) is 15.2. The summed E-state index contributed by atoms with van der Waals surface area (Å²) >= 11 is 0. The van der Waals surface area contributed by atoms with E-state index in [2.05, 4.69) is 20.4 Å². The van der Waals surface area contributed by atoms with Gasteiger partial charge in [0.25, 0.3) is 0 Å². The Balaban J connectivity index is 1.19. The van der Waals surface area contributed by atoms with Gasteiger partial charge in [-0.1, -0.05) is 11.6 Å². The average molecular weight is 373 g/mol. The van der Waals surface area contributed by atoms with Crippen LogP contribution in [0.5, 0.6) is 0 Å². The van der Waals surface area contributed by atoms with Crippen LogP contribution in [0.1, 0.15) is 36.9 Å². The first-order valence-corrected chi connectivity index (χ1v) is 9.55. The lowest BCUT2D eigenvalue weighted by Gasteiger charge is -2.36. The van der Waals surface area contributed by atoms with Gasteiger partial charge in [0.1, 0.15) is 5.82 Å². The van der Waals surface area contributed by atoms with Crippen LogP contribution < -0.4 is 10.2 Å². The van der Waals surface area contributed by atoms with Crippen LogP contribution in [0.3, 0.4) is 0 Å². The number of nitrogens with zero attached hydrogens (tertiary/aromatic N) is 4. The number of hydrogen-bond donors (Lipinski definition) is 1. The molecule has 1 saturated carbocycles. The van der Waals surface area contributed by atoms with Crippen LogP contribution in [0.2, 0.25) is 0 Å². The van der Waals surface area contributed by atoms with Gasteiger partial charge in [-0.15, -0.1) is 0 Å². The molecule has 0 bridgehead atoms. The van der Waals surface area contributed by atoms with Crippen LogP contribution in [0.4, 0.5) is 14.9 Å². The van der Waals surface area contributed by atoms with E-state index in [9.17, 15) is 9.18 Å². The number of halogens is 1. The molecular formula is C19H24FN5O2. The molecule has 1 saturated heterocycles. The SMILES string of the molecule is O=C(NCCc1noc(C2CCC2)n1)N1CCN(c2ccc(F)cc2)CC1. The first-order chi connectivity index (χ1) is 13.2. The van der Waals surface area contributed by atoms with Crippen LogP contribution in [0.25, 0.3) is 0 Å². The van der Waals surface area contributed by atoms with Gasteiger partial charge in [0.2, 0.25) is 5.89 Å². The summed E-state index contributed by atoms with van der Waals surface area (Å²) in [4.78, 5) is 20.7. The maximum Gasteiger partial charge on any atom is 0.317 e. The predicted molar refractivity (Wildman–Crippen MR) is 98.2 cm³/mol. The maximum atomic E-state index is 13.0. The van der Waals surface area contributed by atoms with E-state index in [0.717, 1.165) is 37.5 Å². The molecule has 1 aromatic carbocycles. The van der Waals surface area contributed by atoms with Crippen molar-refractivity contribution in [1.82, 2.24) is 20.4 Å². The van der Waals surface area contributed by atoms with E-state index in [0.29, 0.717) is 37.8 Å². The second-order valence-corrected chi connectivity index (χ2v) is 7.11. The second kappa shape index (κ2) is 7.94. The molecule has 2 aromatic rings. The molecule has 4 rings (SSSR count). The Morgan fingerprint density at radius 3 is 2.59 bits per heavy atom. The summed E-state index contributed by atoms with van der Waals surface area (Å²) in [7, 11) is 0. The highest BCUT2D eigenvalue weighted by atomic mass is 19.1. The summed E-state index contributed by atoms with van der Waals surface area (Å²) in [6, 6.07) is 6.39. The number of amides is 2. The third kappa shape index (κ3) is 4.20. The monoisotopic (exact) mass is 373 g/mol. The van der Waals surface area contributed by atoms with Crippen LogP contribution in [0.15, 0.2) is 28.8 Å². The average Bonchev–Trinajstić information content (AvgIpc) is 3.09. The normalized spacial score (nSPS) is 17.7. The van der Waals surface area contributed by atoms with E-state index >= 15 is 0 Å². The number of hydrogen-bond acceptors (Lipinski definition) is 5. The molecular weight excluding hydrogens is 349 g/mol. The van der Waals surface area contributed by atoms with E-state index < -0.39 is 0 Å². The first kappa shape index (κ1) is 17.8. The number of carbonyl (C=O) groups excluding carboxylic acids is 1. The molecule has 1 aliphatic carbocycles. The third-order valence-corrected chi connectivity index (χ3v) is 5.32. The summed E-state index contributed by atoms with van der Waals surface area (Å²) < 4.78 is 18.3. The molecule has 8 heteroatoms. The number of urea groups is 1. The molecule has 0 atom stereocenters. The fourth-order valence-electron chi connectivity index (χ4n) is 3.40. The van der Waals surface area contributed by atoms with Gasteiger partial charge in [0, 0.05) is 50.7 Å². The molecule has 2 heterocycles. The summed E-state index contributed by atoms with van der Waals surface area (Å²) in [5.74, 6) is 1.58. The largest absolute Gasteiger partial charge is 0.368 e. The number of piperazine rings is 1. The van der Waals surface area contributed by atoms with Crippen molar-refractivity contribution in [1.29, 1.82) is 0 Å². The minimum Gasteiger partial charge on any atom is -0.368 e. The highest BCUT2D eigenvalue weighted by Gasteiger charge is 2.25. The number of benzene rings is 1. The van der Waals surface area contributed by atoms with Crippen LogP contribution in [0, 0.1) is 5.82 Å². The number of nitrogens with one attached hydrogen (secondary N) is 1. The Morgan fingerprint density at radius 2 is 1.93 bits per heavy atom. The van der Waals surface area contributed by atoms with E-state index in [4.69, 9.17) is 4.52 Å². The molecule has 7 nitrogen and oxygen atoms in total. The summed E-state index contributed by atoms with van der Waals surface area (Å²) in [5.41, 5.74) is 0.982. The number of carbonyl (C=O) groups is 1. The van der Waals surface area contributed by atoms with Crippen molar-refractivity contribution in [2.24, 2.45) is 0 Å². The van der Waals surface area contributed by atoms with Crippen molar-refractivity contribution in [3.05, 3.63) is 41.8 Å². The molecule has 2 aliphatic rings. The van der Waals surface area contributed by atoms with Crippen molar-refractivity contribution < 1.29 is 13.7 Å². The van der Waals surface area contributed by atoms with Crippen molar-refractivity contribution >= 4 is 11.7 Å². The lowest BCUT2D eigenvalue weighted by atomic mass is 9.85. The zero-order valence-electron chi connectivity index (χ0n) is 15.2. The van der Waals surface area contributed by atoms with Crippen molar-refractivity contribution in [2.45, 2.75) is 31.6 Å². The molecule has 0 unspecified atom stereocenters. The molecule has 0 spiro atoms. The van der Waals surface area contributed by atoms with Gasteiger partial charge in [0.05, 0.1) is 0 Å². The molecule has 1 aromatic heterocycles. The number of rotatable bonds is 5. The van der Waals surface area contributed by atoms with Gasteiger partial charge < -0.3 is 19.6 Å². The molecule has 0 radical (unpaired) electrons. The topological polar surface area (TPSA) is 74.5 Å². The maximum absolute atomic E-state index is 13.0. The summed E-state index contributed by atoms with van der Waals surface area (Å²) in [5, 5.41) is 6.92. The fraction of sp³-hybridized carbons (Fsp3) is 0.526. The van der Waals surface area contributed by atoms with Gasteiger partial charge >= 0.3 is 6.03 Å². The van der Waals surface area contributed by atoms with E-state index in [1.807, 2.05) is 0 Å². The van der Waals surface area contributed by atoms with Crippen molar-refractivity contribution in [3.8, 4) is 0 Å². The Hall–Kier alpha value is -2.64. The van der Waals surface area contributed by atoms with Crippen molar-refractivity contribution in [2.75, 3.05) is 37.6 Å². The first-order valence-electron chi connectivity index (χ1n) is 9.55. The minimum absolute atomic E-state index is 0.0727. The van der Waals surface area contributed by atoms with Gasteiger partial charge in [-0.3, -0.25) is 0 Å². The Kier molecular flexibility index (Phi) is 5.22. The molecule has 1 aliphatic heterocycles. The number of anilines is 1. The van der Waals surface area contributed by atoms with Crippen molar-refractivity contribution in [3.63, 3.8) is 0 Å². The molecule has 144 valence electrons. The second-order valence-electron chi connectivity index (χ2n) is 7.11. The van der Waals surface area contributed by atoms with Gasteiger partial charge in [-0.25, -0.2) is 9.18 Å². The Morgan fingerprint density at radius 1 is 1.19 bits per heavy atom. The third-order valence-electron chi connectivity index (χ3n) is 5.32. The Bertz CT molecular complexity index is 767. The lowest BCUT2D eigenvalue weighted by Crippen LogP contribution is -2.52. The predicted octanol–water partition coefficient (Wildman–Crippen LogP) is 2.55. The smallest absolute Gasteiger partial charge is 0.317 e. The molecule has 27 heavy (non-hydrogen) atoms. The number of aromatic nitrogens is 2. The van der Waals surface area contributed by atoms with Gasteiger partial charge in [0.15, 0.2) is 5.82 Å². The Labute approximate surface area is 157 Å². The zero-order chi connectivity index (χ0) is 18.6. The van der Waals surface area contributed by atoms with Crippen LogP contribution in [-0.2, 0) is 6.42 Å². The quantitative estimate of drug-likeness (QED) is 0.872. The van der Waals surface area contributed by atoms with Crippen LogP contribution >= 0.6 is 0 Å². The van der Waals surface area contributed by atoms with Gasteiger partial charge in [-0.2, -0.15) is 4.98 Å². The van der Waals surface area contributed by atoms with Crippen LogP contribution in [-0.4, -0.2) is 53.8 Å². The molecule has 1 N–H and O–H groups in total.